The largest absolute Gasteiger partial charge is 0.383 e. The van der Waals surface area contributed by atoms with Gasteiger partial charge in [0.05, 0.1) is 12.0 Å². The number of nitrogen functional groups attached to an aromatic ring is 1. The molecule has 96 valence electrons. The summed E-state index contributed by atoms with van der Waals surface area (Å²) in [7, 11) is 0. The van der Waals surface area contributed by atoms with Gasteiger partial charge in [0.1, 0.15) is 16.5 Å². The van der Waals surface area contributed by atoms with Crippen molar-refractivity contribution in [3.63, 3.8) is 0 Å². The van der Waals surface area contributed by atoms with Crippen LogP contribution in [0, 0.1) is 0 Å². The molecular formula is C13H17N3OS. The zero-order chi connectivity index (χ0) is 12.5. The summed E-state index contributed by atoms with van der Waals surface area (Å²) in [6, 6.07) is 2.11. The molecule has 1 fully saturated rings. The van der Waals surface area contributed by atoms with Gasteiger partial charge in [-0.05, 0) is 25.3 Å². The average Bonchev–Trinajstić information content (AvgIpc) is 2.83. The Morgan fingerprint density at radius 2 is 2.39 bits per heavy atom. The van der Waals surface area contributed by atoms with E-state index in [2.05, 4.69) is 23.0 Å². The lowest BCUT2D eigenvalue weighted by Crippen LogP contribution is -2.18. The molecular weight excluding hydrogens is 246 g/mol. The Labute approximate surface area is 110 Å². The lowest BCUT2D eigenvalue weighted by atomic mass is 10.0. The molecule has 0 bridgehead atoms. The molecule has 18 heavy (non-hydrogen) atoms. The SMILES string of the molecule is CCc1cc2c(N)nc(C3CCCOC3)nc2s1. The van der Waals surface area contributed by atoms with Crippen molar-refractivity contribution < 1.29 is 4.74 Å². The Bertz CT molecular complexity index is 561. The molecule has 1 aliphatic heterocycles. The lowest BCUT2D eigenvalue weighted by molar-refractivity contribution is 0.0782. The van der Waals surface area contributed by atoms with Crippen LogP contribution in [0.5, 0.6) is 0 Å². The minimum Gasteiger partial charge on any atom is -0.383 e. The van der Waals surface area contributed by atoms with Gasteiger partial charge in [-0.1, -0.05) is 6.92 Å². The summed E-state index contributed by atoms with van der Waals surface area (Å²) in [4.78, 5) is 11.5. The molecule has 3 rings (SSSR count). The van der Waals surface area contributed by atoms with E-state index in [9.17, 15) is 0 Å². The van der Waals surface area contributed by atoms with Crippen molar-refractivity contribution in [1.29, 1.82) is 0 Å². The number of fused-ring (bicyclic) bond motifs is 1. The van der Waals surface area contributed by atoms with E-state index in [1.807, 2.05) is 0 Å². The summed E-state index contributed by atoms with van der Waals surface area (Å²) in [5.74, 6) is 1.76. The number of aromatic nitrogens is 2. The number of hydrogen-bond donors (Lipinski definition) is 1. The lowest BCUT2D eigenvalue weighted by Gasteiger charge is -2.20. The number of nitrogens with two attached hydrogens (primary N) is 1. The van der Waals surface area contributed by atoms with Crippen molar-refractivity contribution in [2.75, 3.05) is 18.9 Å². The second-order valence-corrected chi connectivity index (χ2v) is 5.78. The molecule has 0 saturated carbocycles. The van der Waals surface area contributed by atoms with E-state index < -0.39 is 0 Å². The molecule has 2 aromatic heterocycles. The van der Waals surface area contributed by atoms with E-state index in [0.717, 1.165) is 48.5 Å². The molecule has 0 spiro atoms. The fourth-order valence-corrected chi connectivity index (χ4v) is 3.29. The van der Waals surface area contributed by atoms with Crippen LogP contribution in [0.2, 0.25) is 0 Å². The van der Waals surface area contributed by atoms with E-state index >= 15 is 0 Å². The van der Waals surface area contributed by atoms with Gasteiger partial charge in [-0.25, -0.2) is 9.97 Å². The smallest absolute Gasteiger partial charge is 0.137 e. The topological polar surface area (TPSA) is 61.0 Å². The Kier molecular flexibility index (Phi) is 3.18. The van der Waals surface area contributed by atoms with Crippen molar-refractivity contribution in [1.82, 2.24) is 9.97 Å². The van der Waals surface area contributed by atoms with E-state index in [-0.39, 0.29) is 0 Å². The van der Waals surface area contributed by atoms with Gasteiger partial charge in [0.25, 0.3) is 0 Å². The quantitative estimate of drug-likeness (QED) is 0.905. The maximum absolute atomic E-state index is 6.05. The van der Waals surface area contributed by atoms with Crippen LogP contribution < -0.4 is 5.73 Å². The van der Waals surface area contributed by atoms with Crippen LogP contribution >= 0.6 is 11.3 Å². The third kappa shape index (κ3) is 2.08. The first kappa shape index (κ1) is 11.9. The maximum atomic E-state index is 6.05. The number of ether oxygens (including phenoxy) is 1. The number of thiophene rings is 1. The number of anilines is 1. The first-order valence-corrected chi connectivity index (χ1v) is 7.23. The van der Waals surface area contributed by atoms with Crippen LogP contribution in [-0.4, -0.2) is 23.2 Å². The van der Waals surface area contributed by atoms with Crippen molar-refractivity contribution in [3.8, 4) is 0 Å². The Morgan fingerprint density at radius 1 is 1.50 bits per heavy atom. The normalized spacial score (nSPS) is 20.4. The second-order valence-electron chi connectivity index (χ2n) is 4.67. The van der Waals surface area contributed by atoms with E-state index in [1.54, 1.807) is 11.3 Å². The Morgan fingerprint density at radius 3 is 3.11 bits per heavy atom. The van der Waals surface area contributed by atoms with Crippen LogP contribution in [0.3, 0.4) is 0 Å². The van der Waals surface area contributed by atoms with Gasteiger partial charge in [0.2, 0.25) is 0 Å². The maximum Gasteiger partial charge on any atom is 0.137 e. The van der Waals surface area contributed by atoms with Gasteiger partial charge in [-0.2, -0.15) is 0 Å². The predicted octanol–water partition coefficient (Wildman–Crippen LogP) is 2.73. The molecule has 1 atom stereocenters. The predicted molar refractivity (Wildman–Crippen MR) is 74.0 cm³/mol. The molecule has 1 saturated heterocycles. The minimum absolute atomic E-state index is 0.303. The minimum atomic E-state index is 0.303. The van der Waals surface area contributed by atoms with Gasteiger partial charge in [0, 0.05) is 17.4 Å². The van der Waals surface area contributed by atoms with Crippen LogP contribution in [0.1, 0.15) is 36.4 Å². The number of nitrogens with zero attached hydrogens (tertiary/aromatic N) is 2. The zero-order valence-corrected chi connectivity index (χ0v) is 11.3. The molecule has 5 heteroatoms. The standard InChI is InChI=1S/C13H17N3OS/c1-2-9-6-10-11(14)15-12(16-13(10)18-9)8-4-3-5-17-7-8/h6,8H,2-5,7H2,1H3,(H2,14,15,16). The summed E-state index contributed by atoms with van der Waals surface area (Å²) in [6.45, 7) is 3.72. The molecule has 2 aromatic rings. The number of aryl methyl sites for hydroxylation is 1. The van der Waals surface area contributed by atoms with Gasteiger partial charge >= 0.3 is 0 Å². The molecule has 1 unspecified atom stereocenters. The van der Waals surface area contributed by atoms with E-state index in [4.69, 9.17) is 10.5 Å². The van der Waals surface area contributed by atoms with Crippen LogP contribution in [0.4, 0.5) is 5.82 Å². The Balaban J connectivity index is 2.02. The molecule has 1 aliphatic rings. The molecule has 0 radical (unpaired) electrons. The number of hydrogen-bond acceptors (Lipinski definition) is 5. The molecule has 4 nitrogen and oxygen atoms in total. The molecule has 0 aliphatic carbocycles. The van der Waals surface area contributed by atoms with Crippen LogP contribution in [-0.2, 0) is 11.2 Å². The number of rotatable bonds is 2. The summed E-state index contributed by atoms with van der Waals surface area (Å²) in [6.07, 6.45) is 3.19. The summed E-state index contributed by atoms with van der Waals surface area (Å²) in [5, 5.41) is 0.998. The van der Waals surface area contributed by atoms with Gasteiger partial charge < -0.3 is 10.5 Å². The third-order valence-electron chi connectivity index (χ3n) is 3.36. The molecule has 3 heterocycles. The molecule has 0 aromatic carbocycles. The fourth-order valence-electron chi connectivity index (χ4n) is 2.31. The first-order valence-electron chi connectivity index (χ1n) is 6.41. The van der Waals surface area contributed by atoms with Gasteiger partial charge in [0.15, 0.2) is 0 Å². The summed E-state index contributed by atoms with van der Waals surface area (Å²) in [5.41, 5.74) is 6.05. The van der Waals surface area contributed by atoms with Crippen molar-refractivity contribution in [2.24, 2.45) is 0 Å². The summed E-state index contributed by atoms with van der Waals surface area (Å²) < 4.78 is 5.50. The van der Waals surface area contributed by atoms with Crippen LogP contribution in [0.25, 0.3) is 10.2 Å². The van der Waals surface area contributed by atoms with Gasteiger partial charge in [-0.3, -0.25) is 0 Å². The highest BCUT2D eigenvalue weighted by Crippen LogP contribution is 2.31. The average molecular weight is 263 g/mol. The van der Waals surface area contributed by atoms with Gasteiger partial charge in [-0.15, -0.1) is 11.3 Å². The molecule has 0 amide bonds. The van der Waals surface area contributed by atoms with Crippen molar-refractivity contribution in [3.05, 3.63) is 16.8 Å². The van der Waals surface area contributed by atoms with Crippen LogP contribution in [0.15, 0.2) is 6.07 Å². The second kappa shape index (κ2) is 4.82. The van der Waals surface area contributed by atoms with E-state index in [0.29, 0.717) is 11.7 Å². The fraction of sp³-hybridized carbons (Fsp3) is 0.538. The summed E-state index contributed by atoms with van der Waals surface area (Å²) >= 11 is 1.72. The van der Waals surface area contributed by atoms with Crippen molar-refractivity contribution >= 4 is 27.4 Å². The third-order valence-corrected chi connectivity index (χ3v) is 4.54. The Hall–Kier alpha value is -1.20. The molecule has 2 N–H and O–H groups in total. The highest BCUT2D eigenvalue weighted by molar-refractivity contribution is 7.18. The van der Waals surface area contributed by atoms with E-state index in [1.165, 1.54) is 4.88 Å². The zero-order valence-electron chi connectivity index (χ0n) is 10.5. The first-order chi connectivity index (χ1) is 8.78. The highest BCUT2D eigenvalue weighted by atomic mass is 32.1. The van der Waals surface area contributed by atoms with Crippen molar-refractivity contribution in [2.45, 2.75) is 32.1 Å². The monoisotopic (exact) mass is 263 g/mol. The highest BCUT2D eigenvalue weighted by Gasteiger charge is 2.20.